The lowest BCUT2D eigenvalue weighted by molar-refractivity contribution is 0.0333. The van der Waals surface area contributed by atoms with Gasteiger partial charge in [0.1, 0.15) is 17.3 Å². The van der Waals surface area contributed by atoms with Crippen LogP contribution >= 0.6 is 0 Å². The first-order valence-electron chi connectivity index (χ1n) is 10.0. The van der Waals surface area contributed by atoms with Gasteiger partial charge in [0.25, 0.3) is 17.9 Å². The van der Waals surface area contributed by atoms with Gasteiger partial charge in [-0.25, -0.2) is 17.6 Å². The van der Waals surface area contributed by atoms with E-state index in [9.17, 15) is 27.2 Å². The summed E-state index contributed by atoms with van der Waals surface area (Å²) in [6.45, 7) is 0.213. The summed E-state index contributed by atoms with van der Waals surface area (Å²) in [7, 11) is 1.51. The third-order valence-corrected chi connectivity index (χ3v) is 5.99. The van der Waals surface area contributed by atoms with E-state index in [-0.39, 0.29) is 35.2 Å². The van der Waals surface area contributed by atoms with Gasteiger partial charge in [0, 0.05) is 29.2 Å². The van der Waals surface area contributed by atoms with Crippen LogP contribution in [0.5, 0.6) is 0 Å². The number of hydrogen-bond acceptors (Lipinski definition) is 3. The van der Waals surface area contributed by atoms with Crippen molar-refractivity contribution in [3.8, 4) is 0 Å². The zero-order chi connectivity index (χ0) is 23.4. The van der Waals surface area contributed by atoms with Gasteiger partial charge in [-0.05, 0) is 35.7 Å². The highest BCUT2D eigenvalue weighted by Gasteiger charge is 2.32. The number of nitrogens with one attached hydrogen (secondary N) is 2. The predicted molar refractivity (Wildman–Crippen MR) is 112 cm³/mol. The lowest BCUT2D eigenvalue weighted by Gasteiger charge is -2.33. The number of carbonyl (C=O) groups is 1. The number of hydrogen-bond donors (Lipinski definition) is 2. The molecule has 1 amide bonds. The van der Waals surface area contributed by atoms with Crippen LogP contribution in [-0.2, 0) is 11.3 Å². The van der Waals surface area contributed by atoms with E-state index in [0.29, 0.717) is 16.6 Å². The second-order valence-corrected chi connectivity index (χ2v) is 7.89. The van der Waals surface area contributed by atoms with Gasteiger partial charge >= 0.3 is 0 Å². The van der Waals surface area contributed by atoms with Gasteiger partial charge in [-0.1, -0.05) is 6.07 Å². The molecule has 0 fully saturated rings. The zero-order valence-corrected chi connectivity index (χ0v) is 17.2. The first-order chi connectivity index (χ1) is 15.8. The number of ether oxygens (including phenoxy) is 1. The molecular formula is C23H17F4N3O3. The van der Waals surface area contributed by atoms with Crippen LogP contribution in [0.15, 0.2) is 41.2 Å². The summed E-state index contributed by atoms with van der Waals surface area (Å²) >= 11 is 0. The summed E-state index contributed by atoms with van der Waals surface area (Å²) in [6, 6.07) is 6.60. The Morgan fingerprint density at radius 1 is 1.09 bits per heavy atom. The Morgan fingerprint density at radius 3 is 2.64 bits per heavy atom. The molecule has 2 aromatic carbocycles. The SMILES string of the molecule is CN(C(=O)c1cc2c(C(F)F)c(F)ccc2[nH]1)[C@H]1COCc2[nH]c(=O)c3cc(F)ccc3c21. The van der Waals surface area contributed by atoms with E-state index in [1.54, 1.807) is 0 Å². The van der Waals surface area contributed by atoms with Gasteiger partial charge < -0.3 is 19.6 Å². The highest BCUT2D eigenvalue weighted by molar-refractivity contribution is 5.99. The lowest BCUT2D eigenvalue weighted by Crippen LogP contribution is -2.37. The number of pyridine rings is 1. The summed E-state index contributed by atoms with van der Waals surface area (Å²) in [5.41, 5.74) is 0.0257. The van der Waals surface area contributed by atoms with Gasteiger partial charge in [-0.2, -0.15) is 0 Å². The molecule has 1 aliphatic rings. The largest absolute Gasteiger partial charge is 0.373 e. The highest BCUT2D eigenvalue weighted by atomic mass is 19.3. The maximum absolute atomic E-state index is 13.9. The van der Waals surface area contributed by atoms with Crippen molar-refractivity contribution in [2.75, 3.05) is 13.7 Å². The predicted octanol–water partition coefficient (Wildman–Crippen LogP) is 4.57. The number of halogens is 4. The molecule has 0 unspecified atom stereocenters. The number of amides is 1. The second-order valence-electron chi connectivity index (χ2n) is 7.89. The maximum atomic E-state index is 13.9. The molecule has 0 radical (unpaired) electrons. The molecule has 170 valence electrons. The van der Waals surface area contributed by atoms with Gasteiger partial charge in [-0.15, -0.1) is 0 Å². The zero-order valence-electron chi connectivity index (χ0n) is 17.2. The molecule has 1 atom stereocenters. The Balaban J connectivity index is 1.59. The number of carbonyl (C=O) groups excluding carboxylic acids is 1. The van der Waals surface area contributed by atoms with E-state index in [4.69, 9.17) is 4.74 Å². The molecule has 0 saturated carbocycles. The van der Waals surface area contributed by atoms with E-state index in [0.717, 1.165) is 12.1 Å². The Hall–Kier alpha value is -3.66. The average molecular weight is 459 g/mol. The summed E-state index contributed by atoms with van der Waals surface area (Å²) in [5.74, 6) is -2.17. The summed E-state index contributed by atoms with van der Waals surface area (Å²) < 4.78 is 60.0. The van der Waals surface area contributed by atoms with Gasteiger partial charge in [0.05, 0.1) is 30.2 Å². The molecule has 4 aromatic rings. The first kappa shape index (κ1) is 21.2. The fourth-order valence-electron chi connectivity index (χ4n) is 4.40. The smallest absolute Gasteiger partial charge is 0.270 e. The van der Waals surface area contributed by atoms with E-state index in [1.165, 1.54) is 36.2 Å². The fraction of sp³-hybridized carbons (Fsp3) is 0.217. The summed E-state index contributed by atoms with van der Waals surface area (Å²) in [6.07, 6.45) is -3.05. The molecule has 6 nitrogen and oxygen atoms in total. The van der Waals surface area contributed by atoms with Crippen molar-refractivity contribution in [2.24, 2.45) is 0 Å². The number of fused-ring (bicyclic) bond motifs is 4. The van der Waals surface area contributed by atoms with E-state index < -0.39 is 41.1 Å². The topological polar surface area (TPSA) is 78.2 Å². The molecule has 0 spiro atoms. The van der Waals surface area contributed by atoms with Crippen LogP contribution in [0.1, 0.15) is 39.8 Å². The quantitative estimate of drug-likeness (QED) is 0.441. The van der Waals surface area contributed by atoms with Crippen molar-refractivity contribution in [3.63, 3.8) is 0 Å². The van der Waals surface area contributed by atoms with E-state index in [2.05, 4.69) is 9.97 Å². The standard InChI is InChI=1S/C23H17F4N3O3/c1-30(23(32)16-7-13-15(28-16)5-4-14(25)19(13)21(26)27)18-9-33-8-17-20(18)11-3-2-10(24)6-12(11)22(31)29-17/h2-7,18,21,28H,8-9H2,1H3,(H,29,31)/t18-/m0/s1. The minimum absolute atomic E-state index is 0.00750. The van der Waals surface area contributed by atoms with Crippen LogP contribution in [0.25, 0.3) is 21.7 Å². The Morgan fingerprint density at radius 2 is 1.88 bits per heavy atom. The molecule has 0 saturated heterocycles. The Bertz CT molecular complexity index is 1480. The summed E-state index contributed by atoms with van der Waals surface area (Å²) in [5, 5.41) is 0.554. The fourth-order valence-corrected chi connectivity index (χ4v) is 4.40. The maximum Gasteiger partial charge on any atom is 0.270 e. The average Bonchev–Trinajstić information content (AvgIpc) is 3.21. The molecule has 2 N–H and O–H groups in total. The van der Waals surface area contributed by atoms with Crippen LogP contribution in [0, 0.1) is 11.6 Å². The van der Waals surface area contributed by atoms with E-state index in [1.807, 2.05) is 0 Å². The molecule has 2 aromatic heterocycles. The summed E-state index contributed by atoms with van der Waals surface area (Å²) in [4.78, 5) is 32.5. The monoisotopic (exact) mass is 459 g/mol. The molecular weight excluding hydrogens is 442 g/mol. The van der Waals surface area contributed by atoms with Crippen molar-refractivity contribution in [1.29, 1.82) is 0 Å². The number of nitrogens with zero attached hydrogens (tertiary/aromatic N) is 1. The number of H-pyrrole nitrogens is 2. The first-order valence-corrected chi connectivity index (χ1v) is 10.0. The number of aromatic amines is 2. The van der Waals surface area contributed by atoms with Crippen LogP contribution in [0.3, 0.4) is 0 Å². The van der Waals surface area contributed by atoms with Crippen molar-refractivity contribution >= 4 is 27.6 Å². The molecule has 1 aliphatic heterocycles. The Kier molecular flexibility index (Phi) is 4.97. The van der Waals surface area contributed by atoms with Gasteiger partial charge in [0.15, 0.2) is 0 Å². The lowest BCUT2D eigenvalue weighted by atomic mass is 9.95. The minimum atomic E-state index is -3.05. The minimum Gasteiger partial charge on any atom is -0.373 e. The number of aromatic nitrogens is 2. The number of rotatable bonds is 3. The van der Waals surface area contributed by atoms with Crippen LogP contribution in [0.4, 0.5) is 17.6 Å². The highest BCUT2D eigenvalue weighted by Crippen LogP contribution is 2.35. The molecule has 5 rings (SSSR count). The molecule has 10 heteroatoms. The number of alkyl halides is 2. The molecule has 33 heavy (non-hydrogen) atoms. The van der Waals surface area contributed by atoms with Crippen molar-refractivity contribution in [3.05, 3.63) is 80.9 Å². The van der Waals surface area contributed by atoms with Crippen LogP contribution < -0.4 is 5.56 Å². The normalized spacial score (nSPS) is 15.9. The number of benzene rings is 2. The van der Waals surface area contributed by atoms with Crippen LogP contribution in [-0.4, -0.2) is 34.4 Å². The third kappa shape index (κ3) is 3.37. The molecule has 0 bridgehead atoms. The van der Waals surface area contributed by atoms with Crippen molar-refractivity contribution in [1.82, 2.24) is 14.9 Å². The van der Waals surface area contributed by atoms with Crippen molar-refractivity contribution in [2.45, 2.75) is 19.1 Å². The third-order valence-electron chi connectivity index (χ3n) is 5.99. The molecule has 0 aliphatic carbocycles. The molecule has 3 heterocycles. The van der Waals surface area contributed by atoms with Crippen molar-refractivity contribution < 1.29 is 27.1 Å². The van der Waals surface area contributed by atoms with E-state index >= 15 is 0 Å². The number of likely N-dealkylation sites (N-methyl/N-ethyl adjacent to an activating group) is 1. The van der Waals surface area contributed by atoms with Gasteiger partial charge in [0.2, 0.25) is 0 Å². The second kappa shape index (κ2) is 7.73. The van der Waals surface area contributed by atoms with Crippen LogP contribution in [0.2, 0.25) is 0 Å². The Labute approximate surface area is 183 Å². The van der Waals surface area contributed by atoms with Gasteiger partial charge in [-0.3, -0.25) is 9.59 Å².